The summed E-state index contributed by atoms with van der Waals surface area (Å²) in [4.78, 5) is 28.3. The molecule has 24 heavy (non-hydrogen) atoms. The van der Waals surface area contributed by atoms with E-state index in [0.717, 1.165) is 17.7 Å². The van der Waals surface area contributed by atoms with Gasteiger partial charge in [-0.1, -0.05) is 23.9 Å². The van der Waals surface area contributed by atoms with Crippen molar-refractivity contribution < 1.29 is 9.53 Å². The van der Waals surface area contributed by atoms with Gasteiger partial charge in [0.15, 0.2) is 5.16 Å². The number of fused-ring (bicyclic) bond motifs is 1. The van der Waals surface area contributed by atoms with Gasteiger partial charge in [-0.15, -0.1) is 0 Å². The van der Waals surface area contributed by atoms with Gasteiger partial charge in [0.25, 0.3) is 5.56 Å². The standard InChI is InChI=1S/C17H19N3O3S/c1-23-14-4-2-3-12(9-14)5-7-18-15(21)10-13-11-24-17-19-8-6-16(22)20(13)17/h2-4,6,8-9,13H,5,7,10-11H2,1H3,(H,18,21). The van der Waals surface area contributed by atoms with Crippen molar-refractivity contribution in [2.45, 2.75) is 24.0 Å². The van der Waals surface area contributed by atoms with Crippen molar-refractivity contribution in [3.05, 3.63) is 52.4 Å². The van der Waals surface area contributed by atoms with Crippen LogP contribution in [0.3, 0.4) is 0 Å². The summed E-state index contributed by atoms with van der Waals surface area (Å²) in [5, 5.41) is 3.61. The number of hydrogen-bond donors (Lipinski definition) is 1. The lowest BCUT2D eigenvalue weighted by molar-refractivity contribution is -0.121. The van der Waals surface area contributed by atoms with E-state index in [1.54, 1.807) is 11.7 Å². The van der Waals surface area contributed by atoms with Crippen molar-refractivity contribution >= 4 is 17.7 Å². The van der Waals surface area contributed by atoms with Gasteiger partial charge in [-0.25, -0.2) is 4.98 Å². The van der Waals surface area contributed by atoms with E-state index in [4.69, 9.17) is 4.74 Å². The molecule has 1 amide bonds. The van der Waals surface area contributed by atoms with E-state index in [-0.39, 0.29) is 17.5 Å². The minimum atomic E-state index is -0.122. The van der Waals surface area contributed by atoms with Gasteiger partial charge in [0.2, 0.25) is 5.91 Å². The van der Waals surface area contributed by atoms with Crippen LogP contribution in [-0.2, 0) is 11.2 Å². The Morgan fingerprint density at radius 3 is 3.17 bits per heavy atom. The van der Waals surface area contributed by atoms with Gasteiger partial charge in [-0.2, -0.15) is 0 Å². The van der Waals surface area contributed by atoms with Crippen LogP contribution in [0.5, 0.6) is 5.75 Å². The molecule has 1 aromatic heterocycles. The van der Waals surface area contributed by atoms with Crippen LogP contribution in [0.1, 0.15) is 18.0 Å². The van der Waals surface area contributed by atoms with E-state index in [1.165, 1.54) is 24.0 Å². The number of ether oxygens (including phenoxy) is 1. The number of nitrogens with zero attached hydrogens (tertiary/aromatic N) is 2. The summed E-state index contributed by atoms with van der Waals surface area (Å²) < 4.78 is 6.80. The second-order valence-corrected chi connectivity index (χ2v) is 6.54. The van der Waals surface area contributed by atoms with Gasteiger partial charge in [-0.05, 0) is 24.1 Å². The maximum absolute atomic E-state index is 12.2. The highest BCUT2D eigenvalue weighted by molar-refractivity contribution is 7.99. The Bertz CT molecular complexity index is 791. The number of benzene rings is 1. The van der Waals surface area contributed by atoms with E-state index < -0.39 is 0 Å². The first-order chi connectivity index (χ1) is 11.7. The Balaban J connectivity index is 1.51. The molecule has 2 heterocycles. The normalized spacial score (nSPS) is 15.8. The van der Waals surface area contributed by atoms with Crippen LogP contribution in [0.25, 0.3) is 0 Å². The summed E-state index contributed by atoms with van der Waals surface area (Å²) in [5.74, 6) is 1.47. The Morgan fingerprint density at radius 1 is 1.46 bits per heavy atom. The molecule has 0 aliphatic carbocycles. The molecular formula is C17H19N3O3S. The number of aromatic nitrogens is 2. The fraction of sp³-hybridized carbons (Fsp3) is 0.353. The van der Waals surface area contributed by atoms with E-state index in [1.807, 2.05) is 24.3 Å². The zero-order valence-corrected chi connectivity index (χ0v) is 14.2. The molecule has 6 nitrogen and oxygen atoms in total. The molecule has 0 radical (unpaired) electrons. The zero-order valence-electron chi connectivity index (χ0n) is 13.4. The molecule has 126 valence electrons. The topological polar surface area (TPSA) is 73.2 Å². The number of rotatable bonds is 6. The summed E-state index contributed by atoms with van der Waals surface area (Å²) >= 11 is 1.51. The average Bonchev–Trinajstić information content (AvgIpc) is 2.99. The van der Waals surface area contributed by atoms with Crippen molar-refractivity contribution in [3.63, 3.8) is 0 Å². The van der Waals surface area contributed by atoms with Gasteiger partial charge in [0.1, 0.15) is 5.75 Å². The highest BCUT2D eigenvalue weighted by atomic mass is 32.2. The number of carbonyl (C=O) groups is 1. The Labute approximate surface area is 144 Å². The first-order valence-electron chi connectivity index (χ1n) is 7.77. The maximum atomic E-state index is 12.2. The first kappa shape index (κ1) is 16.6. The SMILES string of the molecule is COc1cccc(CCNC(=O)CC2CSc3nccc(=O)n32)c1. The molecule has 1 aliphatic rings. The van der Waals surface area contributed by atoms with Crippen molar-refractivity contribution in [2.75, 3.05) is 19.4 Å². The van der Waals surface area contributed by atoms with Crippen molar-refractivity contribution in [1.29, 1.82) is 0 Å². The third-order valence-corrected chi connectivity index (χ3v) is 5.02. The summed E-state index contributed by atoms with van der Waals surface area (Å²) in [6.45, 7) is 0.556. The monoisotopic (exact) mass is 345 g/mol. The lowest BCUT2D eigenvalue weighted by Gasteiger charge is -2.13. The van der Waals surface area contributed by atoms with Gasteiger partial charge < -0.3 is 10.1 Å². The highest BCUT2D eigenvalue weighted by Gasteiger charge is 2.26. The average molecular weight is 345 g/mol. The molecule has 0 spiro atoms. The molecule has 1 N–H and O–H groups in total. The largest absolute Gasteiger partial charge is 0.497 e. The summed E-state index contributed by atoms with van der Waals surface area (Å²) in [6, 6.07) is 9.10. The summed E-state index contributed by atoms with van der Waals surface area (Å²) in [6.07, 6.45) is 2.54. The number of thioether (sulfide) groups is 1. The third-order valence-electron chi connectivity index (χ3n) is 3.91. The quantitative estimate of drug-likeness (QED) is 0.806. The highest BCUT2D eigenvalue weighted by Crippen LogP contribution is 2.31. The zero-order chi connectivity index (χ0) is 16.9. The fourth-order valence-electron chi connectivity index (χ4n) is 2.70. The minimum absolute atomic E-state index is 0.0490. The Morgan fingerprint density at radius 2 is 2.33 bits per heavy atom. The number of carbonyl (C=O) groups excluding carboxylic acids is 1. The van der Waals surface area contributed by atoms with Crippen LogP contribution in [0.15, 0.2) is 46.5 Å². The fourth-order valence-corrected chi connectivity index (χ4v) is 3.82. The van der Waals surface area contributed by atoms with Crippen molar-refractivity contribution in [1.82, 2.24) is 14.9 Å². The molecule has 0 fully saturated rings. The van der Waals surface area contributed by atoms with Crippen LogP contribution in [0.4, 0.5) is 0 Å². The Kier molecular flexibility index (Phi) is 5.20. The predicted octanol–water partition coefficient (Wildman–Crippen LogP) is 1.65. The number of methoxy groups -OCH3 is 1. The Hall–Kier alpha value is -2.28. The predicted molar refractivity (Wildman–Crippen MR) is 92.6 cm³/mol. The molecule has 1 atom stereocenters. The van der Waals surface area contributed by atoms with Crippen LogP contribution < -0.4 is 15.6 Å². The van der Waals surface area contributed by atoms with Crippen LogP contribution in [-0.4, -0.2) is 34.9 Å². The van der Waals surface area contributed by atoms with Gasteiger partial charge in [0, 0.05) is 31.0 Å². The lowest BCUT2D eigenvalue weighted by atomic mass is 10.1. The minimum Gasteiger partial charge on any atom is -0.497 e. The molecule has 7 heteroatoms. The van der Waals surface area contributed by atoms with Crippen LogP contribution in [0, 0.1) is 0 Å². The van der Waals surface area contributed by atoms with Crippen LogP contribution in [0.2, 0.25) is 0 Å². The summed E-state index contributed by atoms with van der Waals surface area (Å²) in [5.41, 5.74) is 1.01. The first-order valence-corrected chi connectivity index (χ1v) is 8.76. The molecule has 1 aliphatic heterocycles. The van der Waals surface area contributed by atoms with Crippen molar-refractivity contribution in [3.8, 4) is 5.75 Å². The molecule has 0 saturated carbocycles. The van der Waals surface area contributed by atoms with Gasteiger partial charge in [-0.3, -0.25) is 14.2 Å². The van der Waals surface area contributed by atoms with Crippen LogP contribution >= 0.6 is 11.8 Å². The van der Waals surface area contributed by atoms with E-state index in [0.29, 0.717) is 23.9 Å². The van der Waals surface area contributed by atoms with Gasteiger partial charge >= 0.3 is 0 Å². The molecule has 3 rings (SSSR count). The molecule has 1 unspecified atom stereocenters. The van der Waals surface area contributed by atoms with E-state index in [9.17, 15) is 9.59 Å². The number of nitrogens with one attached hydrogen (secondary N) is 1. The molecule has 0 bridgehead atoms. The van der Waals surface area contributed by atoms with E-state index in [2.05, 4.69) is 10.3 Å². The lowest BCUT2D eigenvalue weighted by Crippen LogP contribution is -2.31. The molecular weight excluding hydrogens is 326 g/mol. The maximum Gasteiger partial charge on any atom is 0.254 e. The van der Waals surface area contributed by atoms with E-state index >= 15 is 0 Å². The van der Waals surface area contributed by atoms with Crippen molar-refractivity contribution in [2.24, 2.45) is 0 Å². The molecule has 0 saturated heterocycles. The summed E-state index contributed by atoms with van der Waals surface area (Å²) in [7, 11) is 1.63. The molecule has 1 aromatic carbocycles. The second kappa shape index (κ2) is 7.53. The second-order valence-electron chi connectivity index (χ2n) is 5.56. The third kappa shape index (κ3) is 3.79. The number of hydrogen-bond acceptors (Lipinski definition) is 5. The van der Waals surface area contributed by atoms with Gasteiger partial charge in [0.05, 0.1) is 13.2 Å². The smallest absolute Gasteiger partial charge is 0.254 e. The number of amides is 1. The molecule has 2 aromatic rings.